The fourth-order valence-corrected chi connectivity index (χ4v) is 2.52. The van der Waals surface area contributed by atoms with Crippen molar-refractivity contribution in [3.8, 4) is 0 Å². The lowest BCUT2D eigenvalue weighted by atomic mass is 10.1. The van der Waals surface area contributed by atoms with Gasteiger partial charge in [-0.15, -0.1) is 0 Å². The van der Waals surface area contributed by atoms with E-state index in [4.69, 9.17) is 5.11 Å². The molecule has 0 saturated heterocycles. The summed E-state index contributed by atoms with van der Waals surface area (Å²) in [6.45, 7) is 5.20. The van der Waals surface area contributed by atoms with E-state index in [2.05, 4.69) is 10.1 Å². The smallest absolute Gasteiger partial charge is 0.307 e. The number of aliphatic carboxylic acids is 1. The first-order valence-corrected chi connectivity index (χ1v) is 7.16. The fraction of sp³-hybridized carbons (Fsp3) is 0.500. The largest absolute Gasteiger partial charge is 0.481 e. The van der Waals surface area contributed by atoms with E-state index < -0.39 is 11.9 Å². The highest BCUT2D eigenvalue weighted by atomic mass is 32.1. The highest BCUT2D eigenvalue weighted by Gasteiger charge is 2.16. The monoisotopic (exact) mass is 296 g/mol. The summed E-state index contributed by atoms with van der Waals surface area (Å²) in [6.07, 6.45) is 0. The fourth-order valence-electron chi connectivity index (χ4n) is 1.88. The van der Waals surface area contributed by atoms with Gasteiger partial charge in [0.1, 0.15) is 5.51 Å². The first-order chi connectivity index (χ1) is 9.51. The van der Waals surface area contributed by atoms with Crippen LogP contribution in [0.3, 0.4) is 0 Å². The molecule has 2 aromatic rings. The summed E-state index contributed by atoms with van der Waals surface area (Å²) in [5.74, 6) is -1.28. The molecule has 8 heteroatoms. The van der Waals surface area contributed by atoms with Gasteiger partial charge in [-0.05, 0) is 6.54 Å². The molecule has 108 valence electrons. The van der Waals surface area contributed by atoms with Crippen LogP contribution in [0.1, 0.15) is 19.5 Å². The topological polar surface area (TPSA) is 87.8 Å². The van der Waals surface area contributed by atoms with E-state index in [-0.39, 0.29) is 5.56 Å². The number of hydrogen-bond acceptors (Lipinski definition) is 6. The van der Waals surface area contributed by atoms with Crippen LogP contribution in [0, 0.1) is 5.92 Å². The maximum atomic E-state index is 11.8. The number of fused-ring (bicyclic) bond motifs is 1. The molecule has 2 rings (SSSR count). The molecule has 0 amide bonds. The first-order valence-electron chi connectivity index (χ1n) is 6.29. The van der Waals surface area contributed by atoms with Gasteiger partial charge in [-0.2, -0.15) is 9.61 Å². The van der Waals surface area contributed by atoms with Crippen molar-refractivity contribution in [2.45, 2.75) is 20.4 Å². The van der Waals surface area contributed by atoms with Gasteiger partial charge in [0.05, 0.1) is 11.6 Å². The molecule has 0 aliphatic rings. The van der Waals surface area contributed by atoms with E-state index in [1.165, 1.54) is 21.9 Å². The van der Waals surface area contributed by atoms with E-state index in [0.29, 0.717) is 30.3 Å². The summed E-state index contributed by atoms with van der Waals surface area (Å²) in [5, 5.41) is 12.8. The van der Waals surface area contributed by atoms with Crippen LogP contribution in [0.25, 0.3) is 4.96 Å². The van der Waals surface area contributed by atoms with Crippen molar-refractivity contribution in [1.82, 2.24) is 19.5 Å². The maximum Gasteiger partial charge on any atom is 0.307 e. The first kappa shape index (κ1) is 14.6. The minimum Gasteiger partial charge on any atom is -0.481 e. The maximum absolute atomic E-state index is 11.8. The molecule has 1 unspecified atom stereocenters. The van der Waals surface area contributed by atoms with Gasteiger partial charge in [0.15, 0.2) is 0 Å². The highest BCUT2D eigenvalue weighted by Crippen LogP contribution is 2.08. The molecule has 2 aromatic heterocycles. The number of rotatable bonds is 6. The predicted octanol–water partition coefficient (Wildman–Crippen LogP) is 0.694. The van der Waals surface area contributed by atoms with Gasteiger partial charge in [0.25, 0.3) is 5.56 Å². The predicted molar refractivity (Wildman–Crippen MR) is 74.9 cm³/mol. The second kappa shape index (κ2) is 6.10. The number of carboxylic acids is 1. The molecule has 1 N–H and O–H groups in total. The molecule has 0 fully saturated rings. The van der Waals surface area contributed by atoms with Crippen LogP contribution in [-0.2, 0) is 11.3 Å². The Balaban J connectivity index is 2.17. The lowest BCUT2D eigenvalue weighted by Gasteiger charge is -2.21. The SMILES string of the molecule is CCN(Cc1cc(=O)n2ncsc2n1)CC(C)C(=O)O. The van der Waals surface area contributed by atoms with Crippen LogP contribution >= 0.6 is 11.3 Å². The van der Waals surface area contributed by atoms with Crippen LogP contribution in [0.15, 0.2) is 16.4 Å². The lowest BCUT2D eigenvalue weighted by Crippen LogP contribution is -2.32. The third kappa shape index (κ3) is 3.20. The molecule has 0 aromatic carbocycles. The van der Waals surface area contributed by atoms with Crippen molar-refractivity contribution >= 4 is 22.3 Å². The zero-order valence-corrected chi connectivity index (χ0v) is 12.1. The van der Waals surface area contributed by atoms with Gasteiger partial charge >= 0.3 is 5.97 Å². The number of carbonyl (C=O) groups is 1. The van der Waals surface area contributed by atoms with Gasteiger partial charge in [0.2, 0.25) is 4.96 Å². The average Bonchev–Trinajstić information content (AvgIpc) is 2.86. The summed E-state index contributed by atoms with van der Waals surface area (Å²) >= 11 is 1.30. The van der Waals surface area contributed by atoms with Crippen molar-refractivity contribution in [3.63, 3.8) is 0 Å². The van der Waals surface area contributed by atoms with Crippen LogP contribution in [0.4, 0.5) is 0 Å². The summed E-state index contributed by atoms with van der Waals surface area (Å²) < 4.78 is 1.25. The van der Waals surface area contributed by atoms with Gasteiger partial charge in [-0.3, -0.25) is 14.5 Å². The molecule has 1 atom stereocenters. The van der Waals surface area contributed by atoms with Crippen molar-refractivity contribution in [2.75, 3.05) is 13.1 Å². The summed E-state index contributed by atoms with van der Waals surface area (Å²) in [7, 11) is 0. The molecular formula is C12H16N4O3S. The molecule has 0 saturated carbocycles. The second-order valence-corrected chi connectivity index (χ2v) is 5.40. The Labute approximate surface area is 119 Å². The Hall–Kier alpha value is -1.80. The van der Waals surface area contributed by atoms with Gasteiger partial charge in [-0.25, -0.2) is 4.98 Å². The highest BCUT2D eigenvalue weighted by molar-refractivity contribution is 7.14. The van der Waals surface area contributed by atoms with E-state index in [1.807, 2.05) is 11.8 Å². The molecule has 7 nitrogen and oxygen atoms in total. The van der Waals surface area contributed by atoms with Gasteiger partial charge < -0.3 is 5.11 Å². The molecule has 2 heterocycles. The summed E-state index contributed by atoms with van der Waals surface area (Å²) in [6, 6.07) is 1.45. The molecule has 0 aliphatic heterocycles. The zero-order chi connectivity index (χ0) is 14.7. The number of hydrogen-bond donors (Lipinski definition) is 1. The Morgan fingerprint density at radius 1 is 1.60 bits per heavy atom. The quantitative estimate of drug-likeness (QED) is 0.844. The minimum atomic E-state index is -0.825. The van der Waals surface area contributed by atoms with Crippen molar-refractivity contribution < 1.29 is 9.90 Å². The standard InChI is InChI=1S/C12H16N4O3S/c1-3-15(5-8(2)11(18)19)6-9-4-10(17)16-12(14-9)20-7-13-16/h4,7-8H,3,5-6H2,1-2H3,(H,18,19). The minimum absolute atomic E-state index is 0.214. The van der Waals surface area contributed by atoms with Crippen molar-refractivity contribution in [2.24, 2.45) is 5.92 Å². The van der Waals surface area contributed by atoms with Crippen LogP contribution in [0.5, 0.6) is 0 Å². The number of carboxylic acid groups (broad SMARTS) is 1. The summed E-state index contributed by atoms with van der Waals surface area (Å²) in [5.41, 5.74) is 1.99. The number of aromatic nitrogens is 3. The summed E-state index contributed by atoms with van der Waals surface area (Å²) in [4.78, 5) is 29.6. The number of nitrogens with zero attached hydrogens (tertiary/aromatic N) is 4. The third-order valence-corrected chi connectivity index (χ3v) is 3.70. The molecular weight excluding hydrogens is 280 g/mol. The molecule has 0 radical (unpaired) electrons. The normalized spacial score (nSPS) is 12.9. The van der Waals surface area contributed by atoms with Crippen molar-refractivity contribution in [3.05, 3.63) is 27.6 Å². The van der Waals surface area contributed by atoms with E-state index >= 15 is 0 Å². The van der Waals surface area contributed by atoms with Gasteiger partial charge in [0, 0.05) is 19.2 Å². The van der Waals surface area contributed by atoms with E-state index in [1.54, 1.807) is 12.4 Å². The molecule has 0 spiro atoms. The lowest BCUT2D eigenvalue weighted by molar-refractivity contribution is -0.141. The molecule has 0 aliphatic carbocycles. The Morgan fingerprint density at radius 2 is 2.35 bits per heavy atom. The molecule has 20 heavy (non-hydrogen) atoms. The van der Waals surface area contributed by atoms with Crippen LogP contribution in [0.2, 0.25) is 0 Å². The average molecular weight is 296 g/mol. The second-order valence-electron chi connectivity index (χ2n) is 4.59. The van der Waals surface area contributed by atoms with Gasteiger partial charge in [-0.1, -0.05) is 25.2 Å². The Kier molecular flexibility index (Phi) is 4.46. The molecule has 0 bridgehead atoms. The third-order valence-electron chi connectivity index (χ3n) is 3.03. The van der Waals surface area contributed by atoms with E-state index in [9.17, 15) is 9.59 Å². The Bertz CT molecular complexity index is 666. The van der Waals surface area contributed by atoms with Crippen LogP contribution in [-0.4, -0.2) is 43.7 Å². The van der Waals surface area contributed by atoms with E-state index in [0.717, 1.165) is 0 Å². The van der Waals surface area contributed by atoms with Crippen LogP contribution < -0.4 is 5.56 Å². The zero-order valence-electron chi connectivity index (χ0n) is 11.3. The van der Waals surface area contributed by atoms with Crippen molar-refractivity contribution in [1.29, 1.82) is 0 Å². The Morgan fingerprint density at radius 3 is 3.00 bits per heavy atom.